The standard InChI is InChI=1S/C12H12N4O3/c1-13-12-7-14-9(6-15-12)8-19-11-5-3-2-4-10(11)16(17)18/h2-7H,8H2,1H3,(H,13,15). The lowest BCUT2D eigenvalue weighted by Gasteiger charge is -2.06. The number of hydrogen-bond donors (Lipinski definition) is 1. The van der Waals surface area contributed by atoms with Crippen molar-refractivity contribution in [1.29, 1.82) is 0 Å². The van der Waals surface area contributed by atoms with Gasteiger partial charge in [0, 0.05) is 13.1 Å². The third kappa shape index (κ3) is 3.15. The zero-order valence-electron chi connectivity index (χ0n) is 10.2. The number of benzene rings is 1. The largest absolute Gasteiger partial charge is 0.480 e. The second-order valence-corrected chi connectivity index (χ2v) is 3.66. The normalized spacial score (nSPS) is 9.95. The number of aromatic nitrogens is 2. The molecule has 1 N–H and O–H groups in total. The van der Waals surface area contributed by atoms with Crippen LogP contribution in [0.5, 0.6) is 5.75 Å². The quantitative estimate of drug-likeness (QED) is 0.653. The molecule has 0 radical (unpaired) electrons. The summed E-state index contributed by atoms with van der Waals surface area (Å²) in [7, 11) is 1.74. The molecule has 19 heavy (non-hydrogen) atoms. The summed E-state index contributed by atoms with van der Waals surface area (Å²) in [5, 5.41) is 13.7. The van der Waals surface area contributed by atoms with Crippen molar-refractivity contribution in [3.63, 3.8) is 0 Å². The molecule has 7 nitrogen and oxygen atoms in total. The molecular weight excluding hydrogens is 248 g/mol. The summed E-state index contributed by atoms with van der Waals surface area (Å²) in [5.41, 5.74) is 0.527. The lowest BCUT2D eigenvalue weighted by atomic mass is 10.3. The van der Waals surface area contributed by atoms with Gasteiger partial charge >= 0.3 is 5.69 Å². The van der Waals surface area contributed by atoms with Gasteiger partial charge in [0.1, 0.15) is 12.4 Å². The lowest BCUT2D eigenvalue weighted by molar-refractivity contribution is -0.385. The first-order valence-corrected chi connectivity index (χ1v) is 5.55. The van der Waals surface area contributed by atoms with Crippen molar-refractivity contribution in [2.75, 3.05) is 12.4 Å². The van der Waals surface area contributed by atoms with Crippen molar-refractivity contribution in [3.8, 4) is 5.75 Å². The first kappa shape index (κ1) is 12.7. The van der Waals surface area contributed by atoms with Crippen LogP contribution < -0.4 is 10.1 Å². The molecule has 2 rings (SSSR count). The van der Waals surface area contributed by atoms with Crippen molar-refractivity contribution in [2.45, 2.75) is 6.61 Å². The lowest BCUT2D eigenvalue weighted by Crippen LogP contribution is -2.02. The highest BCUT2D eigenvalue weighted by Gasteiger charge is 2.13. The van der Waals surface area contributed by atoms with Gasteiger partial charge < -0.3 is 10.1 Å². The molecule has 1 aromatic carbocycles. The SMILES string of the molecule is CNc1cnc(COc2ccccc2[N+](=O)[O-])cn1. The van der Waals surface area contributed by atoms with E-state index in [1.54, 1.807) is 37.6 Å². The summed E-state index contributed by atoms with van der Waals surface area (Å²) in [6.45, 7) is 0.127. The molecule has 0 fully saturated rings. The van der Waals surface area contributed by atoms with Gasteiger partial charge in [0.25, 0.3) is 0 Å². The van der Waals surface area contributed by atoms with Crippen molar-refractivity contribution in [1.82, 2.24) is 9.97 Å². The van der Waals surface area contributed by atoms with Gasteiger partial charge in [-0.25, -0.2) is 4.98 Å². The van der Waals surface area contributed by atoms with E-state index in [1.807, 2.05) is 0 Å². The number of nitrogens with one attached hydrogen (secondary N) is 1. The number of anilines is 1. The smallest absolute Gasteiger partial charge is 0.310 e. The molecular formula is C12H12N4O3. The average molecular weight is 260 g/mol. The highest BCUT2D eigenvalue weighted by atomic mass is 16.6. The van der Waals surface area contributed by atoms with E-state index in [0.717, 1.165) is 0 Å². The maximum atomic E-state index is 10.8. The number of hydrogen-bond acceptors (Lipinski definition) is 6. The summed E-state index contributed by atoms with van der Waals surface area (Å²) in [6, 6.07) is 6.21. The molecule has 0 unspecified atom stereocenters. The maximum Gasteiger partial charge on any atom is 0.310 e. The molecule has 2 aromatic rings. The van der Waals surface area contributed by atoms with Crippen LogP contribution in [0.3, 0.4) is 0 Å². The van der Waals surface area contributed by atoms with Crippen LogP contribution >= 0.6 is 0 Å². The number of para-hydroxylation sites is 2. The van der Waals surface area contributed by atoms with E-state index in [4.69, 9.17) is 4.74 Å². The van der Waals surface area contributed by atoms with E-state index in [2.05, 4.69) is 15.3 Å². The van der Waals surface area contributed by atoms with Gasteiger partial charge in [-0.2, -0.15) is 0 Å². The average Bonchev–Trinajstić information content (AvgIpc) is 2.46. The van der Waals surface area contributed by atoms with Crippen molar-refractivity contribution in [3.05, 3.63) is 52.5 Å². The number of ether oxygens (including phenoxy) is 1. The Morgan fingerprint density at radius 2 is 2.11 bits per heavy atom. The van der Waals surface area contributed by atoms with E-state index < -0.39 is 4.92 Å². The Kier molecular flexibility index (Phi) is 3.87. The summed E-state index contributed by atoms with van der Waals surface area (Å²) < 4.78 is 5.39. The molecule has 0 aliphatic rings. The van der Waals surface area contributed by atoms with Crippen LogP contribution in [0.2, 0.25) is 0 Å². The molecule has 0 aliphatic carbocycles. The van der Waals surface area contributed by atoms with Crippen LogP contribution in [-0.2, 0) is 6.61 Å². The molecule has 0 saturated carbocycles. The molecule has 1 aromatic heterocycles. The van der Waals surface area contributed by atoms with Gasteiger partial charge in [0.2, 0.25) is 0 Å². The Morgan fingerprint density at radius 1 is 1.32 bits per heavy atom. The van der Waals surface area contributed by atoms with Crippen LogP contribution in [0.25, 0.3) is 0 Å². The second-order valence-electron chi connectivity index (χ2n) is 3.66. The molecule has 0 saturated heterocycles. The predicted molar refractivity (Wildman–Crippen MR) is 69.0 cm³/mol. The second kappa shape index (κ2) is 5.76. The van der Waals surface area contributed by atoms with Crippen molar-refractivity contribution < 1.29 is 9.66 Å². The zero-order valence-corrected chi connectivity index (χ0v) is 10.2. The number of nitro benzene ring substituents is 1. The van der Waals surface area contributed by atoms with Gasteiger partial charge in [-0.3, -0.25) is 15.1 Å². The Balaban J connectivity index is 2.07. The van der Waals surface area contributed by atoms with E-state index in [0.29, 0.717) is 11.5 Å². The van der Waals surface area contributed by atoms with Crippen LogP contribution in [0.4, 0.5) is 11.5 Å². The minimum atomic E-state index is -0.481. The van der Waals surface area contributed by atoms with Crippen LogP contribution in [0, 0.1) is 10.1 Å². The Morgan fingerprint density at radius 3 is 2.74 bits per heavy atom. The van der Waals surface area contributed by atoms with Gasteiger partial charge in [-0.05, 0) is 6.07 Å². The fourth-order valence-corrected chi connectivity index (χ4v) is 1.44. The summed E-state index contributed by atoms with van der Waals surface area (Å²) >= 11 is 0. The number of nitro groups is 1. The van der Waals surface area contributed by atoms with Crippen LogP contribution in [0.15, 0.2) is 36.7 Å². The fourth-order valence-electron chi connectivity index (χ4n) is 1.44. The highest BCUT2D eigenvalue weighted by Crippen LogP contribution is 2.26. The minimum Gasteiger partial charge on any atom is -0.480 e. The first-order valence-electron chi connectivity index (χ1n) is 5.55. The van der Waals surface area contributed by atoms with E-state index in [1.165, 1.54) is 6.07 Å². The van der Waals surface area contributed by atoms with Crippen molar-refractivity contribution >= 4 is 11.5 Å². The summed E-state index contributed by atoms with van der Waals surface area (Å²) in [5.74, 6) is 0.862. The van der Waals surface area contributed by atoms with Gasteiger partial charge in [-0.15, -0.1) is 0 Å². The van der Waals surface area contributed by atoms with Crippen LogP contribution in [-0.4, -0.2) is 21.9 Å². The molecule has 0 amide bonds. The summed E-state index contributed by atoms with van der Waals surface area (Å²) in [6.07, 6.45) is 3.12. The first-order chi connectivity index (χ1) is 9.20. The van der Waals surface area contributed by atoms with Gasteiger partial charge in [0.15, 0.2) is 5.75 Å². The molecule has 0 aliphatic heterocycles. The van der Waals surface area contributed by atoms with Gasteiger partial charge in [0.05, 0.1) is 23.0 Å². The molecule has 1 heterocycles. The molecule has 0 atom stereocenters. The fraction of sp³-hybridized carbons (Fsp3) is 0.167. The summed E-state index contributed by atoms with van der Waals surface area (Å²) in [4.78, 5) is 18.5. The van der Waals surface area contributed by atoms with Crippen LogP contribution in [0.1, 0.15) is 5.69 Å². The Labute approximate surface area is 109 Å². The Hall–Kier alpha value is -2.70. The van der Waals surface area contributed by atoms with E-state index in [-0.39, 0.29) is 18.0 Å². The number of nitrogens with zero attached hydrogens (tertiary/aromatic N) is 3. The molecule has 0 bridgehead atoms. The molecule has 7 heteroatoms. The third-order valence-electron chi connectivity index (χ3n) is 2.40. The van der Waals surface area contributed by atoms with E-state index in [9.17, 15) is 10.1 Å². The van der Waals surface area contributed by atoms with Gasteiger partial charge in [-0.1, -0.05) is 12.1 Å². The highest BCUT2D eigenvalue weighted by molar-refractivity contribution is 5.45. The van der Waals surface area contributed by atoms with E-state index >= 15 is 0 Å². The topological polar surface area (TPSA) is 90.2 Å². The Bertz CT molecular complexity index is 571. The number of rotatable bonds is 5. The molecule has 0 spiro atoms. The zero-order chi connectivity index (χ0) is 13.7. The maximum absolute atomic E-state index is 10.8. The minimum absolute atomic E-state index is 0.0673. The predicted octanol–water partition coefficient (Wildman–Crippen LogP) is 2.01. The third-order valence-corrected chi connectivity index (χ3v) is 2.40. The monoisotopic (exact) mass is 260 g/mol. The molecule has 98 valence electrons. The van der Waals surface area contributed by atoms with Crippen molar-refractivity contribution in [2.24, 2.45) is 0 Å².